The Morgan fingerprint density at radius 3 is 2.19 bits per heavy atom. The van der Waals surface area contributed by atoms with Gasteiger partial charge in [0.15, 0.2) is 0 Å². The van der Waals surface area contributed by atoms with Gasteiger partial charge in [-0.2, -0.15) is 4.31 Å². The number of sulfonamides is 1. The molecule has 1 aliphatic rings. The van der Waals surface area contributed by atoms with Gasteiger partial charge >= 0.3 is 0 Å². The van der Waals surface area contributed by atoms with Crippen molar-refractivity contribution in [3.8, 4) is 0 Å². The molecule has 1 heterocycles. The molecular formula is C17H28ClN3O5S. The zero-order valence-corrected chi connectivity index (χ0v) is 17.3. The second-order valence-corrected chi connectivity index (χ2v) is 8.15. The zero-order valence-electron chi connectivity index (χ0n) is 15.7. The Morgan fingerprint density at radius 1 is 1.19 bits per heavy atom. The minimum Gasteiger partial charge on any atom is -0.383 e. The van der Waals surface area contributed by atoms with E-state index in [9.17, 15) is 13.2 Å². The van der Waals surface area contributed by atoms with Gasteiger partial charge in [-0.3, -0.25) is 4.79 Å². The summed E-state index contributed by atoms with van der Waals surface area (Å²) in [4.78, 5) is 14.3. The first-order valence-electron chi connectivity index (χ1n) is 8.53. The first kappa shape index (κ1) is 23.8. The van der Waals surface area contributed by atoms with Crippen molar-refractivity contribution in [2.45, 2.75) is 17.4 Å². The van der Waals surface area contributed by atoms with Crippen LogP contribution < -0.4 is 5.73 Å². The van der Waals surface area contributed by atoms with E-state index in [0.717, 1.165) is 6.42 Å². The lowest BCUT2D eigenvalue weighted by atomic mass is 10.2. The summed E-state index contributed by atoms with van der Waals surface area (Å²) in [6.07, 6.45) is 0.784. The fourth-order valence-corrected chi connectivity index (χ4v) is 4.22. The molecule has 0 radical (unpaired) electrons. The van der Waals surface area contributed by atoms with Crippen molar-refractivity contribution >= 4 is 28.3 Å². The lowest BCUT2D eigenvalue weighted by Crippen LogP contribution is -2.36. The predicted octanol–water partition coefficient (Wildman–Crippen LogP) is 0.565. The number of methoxy groups -OCH3 is 2. The normalized spacial score (nSPS) is 17.2. The van der Waals surface area contributed by atoms with Crippen molar-refractivity contribution in [3.63, 3.8) is 0 Å². The van der Waals surface area contributed by atoms with Crippen molar-refractivity contribution in [3.05, 3.63) is 29.8 Å². The zero-order chi connectivity index (χ0) is 19.2. The van der Waals surface area contributed by atoms with Crippen LogP contribution >= 0.6 is 12.4 Å². The largest absolute Gasteiger partial charge is 0.383 e. The quantitative estimate of drug-likeness (QED) is 0.625. The molecule has 27 heavy (non-hydrogen) atoms. The number of halogens is 1. The number of carbonyl (C=O) groups excluding carboxylic acids is 1. The third-order valence-electron chi connectivity index (χ3n) is 4.34. The lowest BCUT2D eigenvalue weighted by Gasteiger charge is -2.22. The highest BCUT2D eigenvalue weighted by molar-refractivity contribution is 7.89. The fraction of sp³-hybridized carbons (Fsp3) is 0.588. The number of hydrogen-bond acceptors (Lipinski definition) is 6. The number of nitrogens with zero attached hydrogens (tertiary/aromatic N) is 2. The number of ether oxygens (including phenoxy) is 2. The van der Waals surface area contributed by atoms with Gasteiger partial charge in [0.05, 0.1) is 18.1 Å². The molecular weight excluding hydrogens is 394 g/mol. The number of likely N-dealkylation sites (tertiary alicyclic amines) is 1. The van der Waals surface area contributed by atoms with Crippen molar-refractivity contribution in [2.24, 2.45) is 5.73 Å². The molecule has 0 saturated carbocycles. The highest BCUT2D eigenvalue weighted by Crippen LogP contribution is 2.18. The molecule has 1 amide bonds. The van der Waals surface area contributed by atoms with Crippen LogP contribution in [0.4, 0.5) is 0 Å². The van der Waals surface area contributed by atoms with E-state index in [1.54, 1.807) is 17.0 Å². The van der Waals surface area contributed by atoms with Gasteiger partial charge in [0.2, 0.25) is 10.0 Å². The molecule has 2 rings (SSSR count). The van der Waals surface area contributed by atoms with Gasteiger partial charge in [0.25, 0.3) is 5.91 Å². The summed E-state index contributed by atoms with van der Waals surface area (Å²) in [6, 6.07) is 6.03. The molecule has 154 valence electrons. The molecule has 1 fully saturated rings. The molecule has 1 saturated heterocycles. The van der Waals surface area contributed by atoms with Gasteiger partial charge in [0.1, 0.15) is 0 Å². The van der Waals surface area contributed by atoms with Crippen LogP contribution in [0, 0.1) is 0 Å². The van der Waals surface area contributed by atoms with Crippen LogP contribution in [0.5, 0.6) is 0 Å². The number of nitrogens with two attached hydrogens (primary N) is 1. The summed E-state index contributed by atoms with van der Waals surface area (Å²) >= 11 is 0. The molecule has 1 aliphatic heterocycles. The molecule has 1 atom stereocenters. The standard InChI is InChI=1S/C17H27N3O5S.ClH/c1-24-11-9-20(10-12-25-2)26(22,23)16-5-3-14(4-6-16)17(21)19-8-7-15(18)13-19;/h3-6,15H,7-13,18H2,1-2H3;1H/t15-;/m1./s1. The number of rotatable bonds is 9. The number of benzene rings is 1. The summed E-state index contributed by atoms with van der Waals surface area (Å²) in [7, 11) is -0.648. The Kier molecular flexibility index (Phi) is 9.65. The predicted molar refractivity (Wildman–Crippen MR) is 105 cm³/mol. The second kappa shape index (κ2) is 10.9. The summed E-state index contributed by atoms with van der Waals surface area (Å²) in [5, 5.41) is 0. The van der Waals surface area contributed by atoms with E-state index < -0.39 is 10.0 Å². The molecule has 0 unspecified atom stereocenters. The van der Waals surface area contributed by atoms with Crippen molar-refractivity contribution < 1.29 is 22.7 Å². The maximum atomic E-state index is 12.8. The van der Waals surface area contributed by atoms with E-state index in [1.165, 1.54) is 30.7 Å². The third-order valence-corrected chi connectivity index (χ3v) is 6.25. The van der Waals surface area contributed by atoms with E-state index in [0.29, 0.717) is 18.7 Å². The minimum absolute atomic E-state index is 0. The first-order valence-corrected chi connectivity index (χ1v) is 9.97. The van der Waals surface area contributed by atoms with Gasteiger partial charge < -0.3 is 20.1 Å². The third kappa shape index (κ3) is 6.13. The highest BCUT2D eigenvalue weighted by Gasteiger charge is 2.26. The minimum atomic E-state index is -3.69. The maximum absolute atomic E-state index is 12.8. The molecule has 2 N–H and O–H groups in total. The molecule has 1 aromatic carbocycles. The maximum Gasteiger partial charge on any atom is 0.253 e. The Hall–Kier alpha value is -1.23. The van der Waals surface area contributed by atoms with Crippen LogP contribution in [0.3, 0.4) is 0 Å². The summed E-state index contributed by atoms with van der Waals surface area (Å²) in [5.41, 5.74) is 6.29. The molecule has 0 spiro atoms. The van der Waals surface area contributed by atoms with Gasteiger partial charge in [-0.1, -0.05) is 0 Å². The Balaban J connectivity index is 0.00000364. The van der Waals surface area contributed by atoms with E-state index in [-0.39, 0.29) is 55.6 Å². The first-order chi connectivity index (χ1) is 12.4. The number of amides is 1. The average molecular weight is 422 g/mol. The highest BCUT2D eigenvalue weighted by atomic mass is 35.5. The van der Waals surface area contributed by atoms with E-state index in [2.05, 4.69) is 0 Å². The molecule has 8 nitrogen and oxygen atoms in total. The van der Waals surface area contributed by atoms with E-state index >= 15 is 0 Å². The van der Waals surface area contributed by atoms with Gasteiger partial charge in [-0.15, -0.1) is 12.4 Å². The van der Waals surface area contributed by atoms with Crippen LogP contribution in [0.15, 0.2) is 29.2 Å². The van der Waals surface area contributed by atoms with Crippen molar-refractivity contribution in [1.29, 1.82) is 0 Å². The van der Waals surface area contributed by atoms with Crippen molar-refractivity contribution in [1.82, 2.24) is 9.21 Å². The molecule has 1 aromatic rings. The Labute approximate surface area is 167 Å². The SMILES string of the molecule is COCCN(CCOC)S(=O)(=O)c1ccc(C(=O)N2CC[C@@H](N)C2)cc1.Cl. The molecule has 0 bridgehead atoms. The van der Waals surface area contributed by atoms with E-state index in [1.807, 2.05) is 0 Å². The van der Waals surface area contributed by atoms with Crippen LogP contribution in [-0.2, 0) is 19.5 Å². The average Bonchev–Trinajstić information content (AvgIpc) is 3.07. The number of hydrogen-bond donors (Lipinski definition) is 1. The van der Waals surface area contributed by atoms with Crippen LogP contribution in [0.1, 0.15) is 16.8 Å². The summed E-state index contributed by atoms with van der Waals surface area (Å²) in [5.74, 6) is -0.127. The fourth-order valence-electron chi connectivity index (χ4n) is 2.81. The Bertz CT molecular complexity index is 691. The van der Waals surface area contributed by atoms with Crippen LogP contribution in [0.25, 0.3) is 0 Å². The second-order valence-electron chi connectivity index (χ2n) is 6.21. The lowest BCUT2D eigenvalue weighted by molar-refractivity contribution is 0.0791. The summed E-state index contributed by atoms with van der Waals surface area (Å²) < 4.78 is 37.0. The van der Waals surface area contributed by atoms with Gasteiger partial charge in [0, 0.05) is 52.0 Å². The molecule has 0 aromatic heterocycles. The molecule has 0 aliphatic carbocycles. The van der Waals surface area contributed by atoms with Crippen LogP contribution in [0.2, 0.25) is 0 Å². The van der Waals surface area contributed by atoms with E-state index in [4.69, 9.17) is 15.2 Å². The Morgan fingerprint density at radius 2 is 1.74 bits per heavy atom. The smallest absolute Gasteiger partial charge is 0.253 e. The van der Waals surface area contributed by atoms with Crippen molar-refractivity contribution in [2.75, 3.05) is 53.6 Å². The van der Waals surface area contributed by atoms with Crippen LogP contribution in [-0.4, -0.2) is 83.2 Å². The van der Waals surface area contributed by atoms with Gasteiger partial charge in [-0.05, 0) is 30.7 Å². The summed E-state index contributed by atoms with van der Waals surface area (Å²) in [6.45, 7) is 2.19. The monoisotopic (exact) mass is 421 g/mol. The van der Waals surface area contributed by atoms with Gasteiger partial charge in [-0.25, -0.2) is 8.42 Å². The topological polar surface area (TPSA) is 102 Å². The number of carbonyl (C=O) groups is 1. The molecule has 10 heteroatoms.